The van der Waals surface area contributed by atoms with Crippen molar-refractivity contribution < 1.29 is 9.53 Å². The smallest absolute Gasteiger partial charge is 0.243 e. The summed E-state index contributed by atoms with van der Waals surface area (Å²) in [5, 5.41) is 3.34. The van der Waals surface area contributed by atoms with Crippen LogP contribution in [0.15, 0.2) is 17.1 Å². The molecule has 2 fully saturated rings. The van der Waals surface area contributed by atoms with Crippen LogP contribution in [-0.4, -0.2) is 99.2 Å². The van der Waals surface area contributed by atoms with Gasteiger partial charge in [-0.2, -0.15) is 0 Å². The zero-order valence-electron chi connectivity index (χ0n) is 15.3. The first-order valence-electron chi connectivity index (χ1n) is 8.67. The number of nitrogens with one attached hydrogen (secondary N) is 1. The monoisotopic (exact) mass is 337 g/mol. The number of guanidine groups is 1. The predicted octanol–water partition coefficient (Wildman–Crippen LogP) is 0.00280. The van der Waals surface area contributed by atoms with E-state index in [0.29, 0.717) is 12.6 Å². The number of amides is 1. The number of carbonyl (C=O) groups is 1. The van der Waals surface area contributed by atoms with Gasteiger partial charge in [0.25, 0.3) is 0 Å². The second kappa shape index (κ2) is 9.03. The van der Waals surface area contributed by atoms with Crippen molar-refractivity contribution in [1.82, 2.24) is 20.0 Å². The Bertz CT molecular complexity index is 472. The second-order valence-corrected chi connectivity index (χ2v) is 6.78. The minimum atomic E-state index is 0.00792. The summed E-state index contributed by atoms with van der Waals surface area (Å²) < 4.78 is 5.44. The van der Waals surface area contributed by atoms with Crippen molar-refractivity contribution in [3.63, 3.8) is 0 Å². The highest BCUT2D eigenvalue weighted by Gasteiger charge is 2.30. The molecule has 0 saturated carbocycles. The molecule has 0 radical (unpaired) electrons. The zero-order valence-corrected chi connectivity index (χ0v) is 15.3. The predicted molar refractivity (Wildman–Crippen MR) is 96.2 cm³/mol. The molecule has 24 heavy (non-hydrogen) atoms. The number of carbonyl (C=O) groups excluding carboxylic acids is 1. The Morgan fingerprint density at radius 1 is 1.33 bits per heavy atom. The maximum atomic E-state index is 11.8. The van der Waals surface area contributed by atoms with Crippen LogP contribution in [0.25, 0.3) is 0 Å². The molecule has 7 nitrogen and oxygen atoms in total. The van der Waals surface area contributed by atoms with Crippen LogP contribution in [-0.2, 0) is 9.53 Å². The minimum Gasteiger partial charge on any atom is -0.379 e. The van der Waals surface area contributed by atoms with Gasteiger partial charge in [0.2, 0.25) is 5.91 Å². The van der Waals surface area contributed by atoms with Crippen molar-refractivity contribution in [2.45, 2.75) is 19.4 Å². The molecule has 2 heterocycles. The van der Waals surface area contributed by atoms with Crippen molar-refractivity contribution in [2.24, 2.45) is 4.99 Å². The summed E-state index contributed by atoms with van der Waals surface area (Å²) in [6.45, 7) is 12.3. The number of nitrogens with zero attached hydrogens (tertiary/aromatic N) is 4. The molecule has 2 aliphatic rings. The Morgan fingerprint density at radius 2 is 2.04 bits per heavy atom. The van der Waals surface area contributed by atoms with Gasteiger partial charge < -0.3 is 19.9 Å². The average Bonchev–Trinajstić information content (AvgIpc) is 3.05. The van der Waals surface area contributed by atoms with Gasteiger partial charge >= 0.3 is 0 Å². The van der Waals surface area contributed by atoms with E-state index in [-0.39, 0.29) is 12.5 Å². The third-order valence-corrected chi connectivity index (χ3v) is 4.44. The van der Waals surface area contributed by atoms with Crippen molar-refractivity contribution in [2.75, 3.05) is 66.6 Å². The lowest BCUT2D eigenvalue weighted by molar-refractivity contribution is -0.127. The molecule has 0 bridgehead atoms. The largest absolute Gasteiger partial charge is 0.379 e. The number of rotatable bonds is 5. The highest BCUT2D eigenvalue weighted by Crippen LogP contribution is 2.17. The summed E-state index contributed by atoms with van der Waals surface area (Å²) in [5.74, 6) is 0.817. The Kier molecular flexibility index (Phi) is 7.05. The lowest BCUT2D eigenvalue weighted by atomic mass is 10.2. The van der Waals surface area contributed by atoms with Crippen LogP contribution in [0.5, 0.6) is 0 Å². The van der Waals surface area contributed by atoms with Gasteiger partial charge in [-0.05, 0) is 13.3 Å². The van der Waals surface area contributed by atoms with Crippen LogP contribution in [0.4, 0.5) is 0 Å². The second-order valence-electron chi connectivity index (χ2n) is 6.78. The molecule has 0 spiro atoms. The Hall–Kier alpha value is -1.60. The van der Waals surface area contributed by atoms with E-state index >= 15 is 0 Å². The van der Waals surface area contributed by atoms with Crippen LogP contribution in [0.3, 0.4) is 0 Å². The summed E-state index contributed by atoms with van der Waals surface area (Å²) in [4.78, 5) is 22.7. The first-order valence-corrected chi connectivity index (χ1v) is 8.67. The summed E-state index contributed by atoms with van der Waals surface area (Å²) in [7, 11) is 3.51. The highest BCUT2D eigenvalue weighted by atomic mass is 16.5. The van der Waals surface area contributed by atoms with Crippen LogP contribution in [0, 0.1) is 0 Å². The maximum Gasteiger partial charge on any atom is 0.243 e. The van der Waals surface area contributed by atoms with E-state index in [1.165, 1.54) is 0 Å². The van der Waals surface area contributed by atoms with E-state index < -0.39 is 0 Å². The van der Waals surface area contributed by atoms with Gasteiger partial charge in [0.05, 0.1) is 13.2 Å². The molecule has 0 aliphatic carbocycles. The van der Waals surface area contributed by atoms with Gasteiger partial charge in [-0.15, -0.1) is 0 Å². The summed E-state index contributed by atoms with van der Waals surface area (Å²) in [6.07, 6.45) is 1.12. The maximum absolute atomic E-state index is 11.8. The fourth-order valence-electron chi connectivity index (χ4n) is 2.96. The molecular weight excluding hydrogens is 306 g/mol. The summed E-state index contributed by atoms with van der Waals surface area (Å²) in [5.41, 5.74) is 1.05. The third kappa shape index (κ3) is 5.49. The van der Waals surface area contributed by atoms with Crippen LogP contribution in [0.2, 0.25) is 0 Å². The molecule has 2 saturated heterocycles. The fraction of sp³-hybridized carbons (Fsp3) is 0.765. The number of likely N-dealkylation sites (N-methyl/N-ethyl adjacent to an activating group) is 1. The first-order chi connectivity index (χ1) is 11.5. The molecule has 0 aromatic carbocycles. The molecule has 7 heteroatoms. The Balaban J connectivity index is 1.96. The third-order valence-electron chi connectivity index (χ3n) is 4.44. The highest BCUT2D eigenvalue weighted by molar-refractivity contribution is 5.85. The van der Waals surface area contributed by atoms with E-state index in [0.717, 1.165) is 57.3 Å². The normalized spacial score (nSPS) is 22.5. The van der Waals surface area contributed by atoms with E-state index in [9.17, 15) is 4.79 Å². The minimum absolute atomic E-state index is 0.00792. The number of aliphatic imine (C=N–C) groups is 1. The van der Waals surface area contributed by atoms with Crippen LogP contribution >= 0.6 is 0 Å². The summed E-state index contributed by atoms with van der Waals surface area (Å²) in [6, 6.07) is 0.537. The number of ether oxygens (including phenoxy) is 1. The molecule has 1 N–H and O–H groups in total. The van der Waals surface area contributed by atoms with E-state index in [2.05, 4.69) is 26.7 Å². The number of hydrogen-bond acceptors (Lipinski definition) is 4. The number of likely N-dealkylation sites (tertiary alicyclic amines) is 1. The topological polar surface area (TPSA) is 60.4 Å². The standard InChI is InChI=1S/C17H31N5O2/c1-14(2)11-18-17(19-12-16(23)20(3)4)22-6-5-15(13-22)21-7-9-24-10-8-21/h15H,1,5-13H2,2-4H3,(H,18,19). The number of morpholine rings is 1. The summed E-state index contributed by atoms with van der Waals surface area (Å²) >= 11 is 0. The zero-order chi connectivity index (χ0) is 17.5. The lowest BCUT2D eigenvalue weighted by Crippen LogP contribution is -2.47. The fourth-order valence-corrected chi connectivity index (χ4v) is 2.96. The van der Waals surface area contributed by atoms with Gasteiger partial charge in [-0.3, -0.25) is 9.69 Å². The molecule has 1 atom stereocenters. The van der Waals surface area contributed by atoms with Crippen molar-refractivity contribution in [3.05, 3.63) is 12.2 Å². The molecule has 2 rings (SSSR count). The average molecular weight is 337 g/mol. The van der Waals surface area contributed by atoms with Crippen molar-refractivity contribution in [3.8, 4) is 0 Å². The molecule has 136 valence electrons. The van der Waals surface area contributed by atoms with Gasteiger partial charge in [-0.25, -0.2) is 4.99 Å². The van der Waals surface area contributed by atoms with Gasteiger partial charge in [0.1, 0.15) is 6.54 Å². The SMILES string of the molecule is C=C(C)CNC(=NCC(=O)N(C)C)N1CCC(N2CCOCC2)C1. The van der Waals surface area contributed by atoms with E-state index in [1.807, 2.05) is 6.92 Å². The molecule has 2 aliphatic heterocycles. The molecule has 1 amide bonds. The van der Waals surface area contributed by atoms with Crippen molar-refractivity contribution >= 4 is 11.9 Å². The molecule has 0 aromatic heterocycles. The van der Waals surface area contributed by atoms with Crippen LogP contribution in [0.1, 0.15) is 13.3 Å². The van der Waals surface area contributed by atoms with E-state index in [4.69, 9.17) is 4.74 Å². The van der Waals surface area contributed by atoms with Crippen LogP contribution < -0.4 is 5.32 Å². The Morgan fingerprint density at radius 3 is 2.67 bits per heavy atom. The van der Waals surface area contributed by atoms with Gasteiger partial charge in [0.15, 0.2) is 5.96 Å². The quantitative estimate of drug-likeness (QED) is 0.435. The number of hydrogen-bond donors (Lipinski definition) is 1. The van der Waals surface area contributed by atoms with Crippen molar-refractivity contribution in [1.29, 1.82) is 0 Å². The van der Waals surface area contributed by atoms with E-state index in [1.54, 1.807) is 19.0 Å². The molecule has 0 aromatic rings. The van der Waals surface area contributed by atoms with Gasteiger partial charge in [0, 0.05) is 52.9 Å². The Labute approximate surface area is 145 Å². The molecule has 1 unspecified atom stereocenters. The molecular formula is C17H31N5O2. The lowest BCUT2D eigenvalue weighted by Gasteiger charge is -2.32. The first kappa shape index (κ1) is 18.7. The van der Waals surface area contributed by atoms with Gasteiger partial charge in [-0.1, -0.05) is 12.2 Å².